The van der Waals surface area contributed by atoms with Gasteiger partial charge in [0.05, 0.1) is 0 Å². The number of carbonyl (C=O) groups is 2. The van der Waals surface area contributed by atoms with Gasteiger partial charge in [0.15, 0.2) is 0 Å². The highest BCUT2D eigenvalue weighted by Gasteiger charge is 2.11. The molecule has 0 aromatic heterocycles. The fourth-order valence-corrected chi connectivity index (χ4v) is 2.57. The molecule has 0 bridgehead atoms. The van der Waals surface area contributed by atoms with Crippen molar-refractivity contribution in [2.24, 2.45) is 0 Å². The summed E-state index contributed by atoms with van der Waals surface area (Å²) in [5.74, 6) is -0.111. The van der Waals surface area contributed by atoms with Crippen molar-refractivity contribution in [2.45, 2.75) is 12.2 Å². The molecule has 0 spiro atoms. The second kappa shape index (κ2) is 9.52. The van der Waals surface area contributed by atoms with Crippen LogP contribution in [0.2, 0.25) is 5.02 Å². The highest BCUT2D eigenvalue weighted by atomic mass is 35.5. The van der Waals surface area contributed by atoms with Crippen molar-refractivity contribution in [3.8, 4) is 0 Å². The lowest BCUT2D eigenvalue weighted by Gasteiger charge is -2.16. The molecule has 1 rings (SSSR count). The Morgan fingerprint density at radius 2 is 1.95 bits per heavy atom. The summed E-state index contributed by atoms with van der Waals surface area (Å²) in [5.41, 5.74) is 1.08. The van der Waals surface area contributed by atoms with Crippen molar-refractivity contribution >= 4 is 35.3 Å². The minimum absolute atomic E-state index is 0.111. The van der Waals surface area contributed by atoms with Crippen molar-refractivity contribution in [1.29, 1.82) is 0 Å². The largest absolute Gasteiger partial charge is 0.355 e. The number of benzene rings is 1. The average molecular weight is 330 g/mol. The minimum Gasteiger partial charge on any atom is -0.355 e. The SMILES string of the molecule is CS[C@H](CNC(=O)NCCNC(C)=O)c1cccc(Cl)c1. The lowest BCUT2D eigenvalue weighted by molar-refractivity contribution is -0.118. The van der Waals surface area contributed by atoms with Gasteiger partial charge in [-0.05, 0) is 24.0 Å². The van der Waals surface area contributed by atoms with Gasteiger partial charge in [-0.2, -0.15) is 11.8 Å². The number of urea groups is 1. The van der Waals surface area contributed by atoms with Crippen molar-refractivity contribution < 1.29 is 9.59 Å². The molecule has 0 heterocycles. The molecule has 21 heavy (non-hydrogen) atoms. The zero-order valence-electron chi connectivity index (χ0n) is 12.1. The molecular weight excluding hydrogens is 310 g/mol. The Hall–Kier alpha value is -1.40. The molecule has 0 radical (unpaired) electrons. The quantitative estimate of drug-likeness (QED) is 0.671. The van der Waals surface area contributed by atoms with Gasteiger partial charge in [-0.3, -0.25) is 4.79 Å². The van der Waals surface area contributed by atoms with Gasteiger partial charge >= 0.3 is 6.03 Å². The maximum atomic E-state index is 11.6. The number of hydrogen-bond acceptors (Lipinski definition) is 3. The van der Waals surface area contributed by atoms with E-state index in [0.717, 1.165) is 5.56 Å². The van der Waals surface area contributed by atoms with Crippen molar-refractivity contribution in [3.05, 3.63) is 34.9 Å². The Labute approximate surface area is 134 Å². The molecule has 0 aliphatic rings. The molecule has 3 N–H and O–H groups in total. The number of thioether (sulfide) groups is 1. The zero-order chi connectivity index (χ0) is 15.7. The summed E-state index contributed by atoms with van der Waals surface area (Å²) in [5, 5.41) is 8.93. The van der Waals surface area contributed by atoms with Crippen LogP contribution in [-0.4, -0.2) is 37.8 Å². The van der Waals surface area contributed by atoms with E-state index >= 15 is 0 Å². The fraction of sp³-hybridized carbons (Fsp3) is 0.429. The Morgan fingerprint density at radius 3 is 2.57 bits per heavy atom. The van der Waals surface area contributed by atoms with Crippen LogP contribution in [0, 0.1) is 0 Å². The van der Waals surface area contributed by atoms with E-state index in [9.17, 15) is 9.59 Å². The van der Waals surface area contributed by atoms with Crippen molar-refractivity contribution in [3.63, 3.8) is 0 Å². The summed E-state index contributed by atoms with van der Waals surface area (Å²) in [4.78, 5) is 22.3. The predicted octanol–water partition coefficient (Wildman–Crippen LogP) is 2.18. The smallest absolute Gasteiger partial charge is 0.314 e. The van der Waals surface area contributed by atoms with Crippen LogP contribution in [0.25, 0.3) is 0 Å². The van der Waals surface area contributed by atoms with Crippen LogP contribution in [0.4, 0.5) is 4.79 Å². The summed E-state index contributed by atoms with van der Waals surface area (Å²) in [7, 11) is 0. The van der Waals surface area contributed by atoms with Crippen LogP contribution in [0.3, 0.4) is 0 Å². The first-order valence-electron chi connectivity index (χ1n) is 6.57. The molecule has 5 nitrogen and oxygen atoms in total. The lowest BCUT2D eigenvalue weighted by Crippen LogP contribution is -2.41. The third kappa shape index (κ3) is 7.24. The fourth-order valence-electron chi connectivity index (χ4n) is 1.71. The van der Waals surface area contributed by atoms with E-state index in [2.05, 4.69) is 16.0 Å². The first kappa shape index (κ1) is 17.7. The second-order valence-electron chi connectivity index (χ2n) is 4.40. The highest BCUT2D eigenvalue weighted by molar-refractivity contribution is 7.98. The maximum absolute atomic E-state index is 11.6. The number of hydrogen-bond donors (Lipinski definition) is 3. The Balaban J connectivity index is 2.34. The summed E-state index contributed by atoms with van der Waals surface area (Å²) < 4.78 is 0. The van der Waals surface area contributed by atoms with E-state index in [4.69, 9.17) is 11.6 Å². The Bertz CT molecular complexity index is 485. The predicted molar refractivity (Wildman–Crippen MR) is 87.8 cm³/mol. The maximum Gasteiger partial charge on any atom is 0.314 e. The zero-order valence-corrected chi connectivity index (χ0v) is 13.7. The standard InChI is InChI=1S/C14H20ClN3O2S/c1-10(19)16-6-7-17-14(20)18-9-13(21-2)11-4-3-5-12(15)8-11/h3-5,8,13H,6-7,9H2,1-2H3,(H,16,19)(H2,17,18,20)/t13-/m1/s1. The van der Waals surface area contributed by atoms with E-state index in [1.54, 1.807) is 11.8 Å². The van der Waals surface area contributed by atoms with Gasteiger partial charge in [-0.1, -0.05) is 23.7 Å². The molecule has 1 atom stereocenters. The first-order valence-corrected chi connectivity index (χ1v) is 8.24. The minimum atomic E-state index is -0.249. The van der Waals surface area contributed by atoms with Gasteiger partial charge in [0, 0.05) is 36.8 Å². The summed E-state index contributed by atoms with van der Waals surface area (Å²) in [6, 6.07) is 7.36. The molecule has 0 unspecified atom stereocenters. The van der Waals surface area contributed by atoms with E-state index in [-0.39, 0.29) is 17.2 Å². The molecule has 0 saturated heterocycles. The molecule has 0 fully saturated rings. The molecule has 1 aromatic carbocycles. The van der Waals surface area contributed by atoms with Gasteiger partial charge < -0.3 is 16.0 Å². The number of amides is 3. The summed E-state index contributed by atoms with van der Waals surface area (Å²) in [6.45, 7) is 2.76. The molecule has 3 amide bonds. The topological polar surface area (TPSA) is 70.2 Å². The summed E-state index contributed by atoms with van der Waals surface area (Å²) >= 11 is 7.62. The van der Waals surface area contributed by atoms with Crippen LogP contribution >= 0.6 is 23.4 Å². The van der Waals surface area contributed by atoms with Crippen molar-refractivity contribution in [2.75, 3.05) is 25.9 Å². The van der Waals surface area contributed by atoms with Gasteiger partial charge in [0.2, 0.25) is 5.91 Å². The Morgan fingerprint density at radius 1 is 1.24 bits per heavy atom. The second-order valence-corrected chi connectivity index (χ2v) is 5.88. The number of rotatable bonds is 7. The molecule has 0 aliphatic heterocycles. The molecule has 0 saturated carbocycles. The average Bonchev–Trinajstić information content (AvgIpc) is 2.44. The molecule has 1 aromatic rings. The van der Waals surface area contributed by atoms with Crippen LogP contribution in [0.5, 0.6) is 0 Å². The highest BCUT2D eigenvalue weighted by Crippen LogP contribution is 2.27. The van der Waals surface area contributed by atoms with Crippen LogP contribution in [0.1, 0.15) is 17.7 Å². The summed E-state index contributed by atoms with van der Waals surface area (Å²) in [6.07, 6.45) is 1.99. The number of nitrogens with one attached hydrogen (secondary N) is 3. The van der Waals surface area contributed by atoms with E-state index < -0.39 is 0 Å². The molecule has 0 aliphatic carbocycles. The number of carbonyl (C=O) groups excluding carboxylic acids is 2. The van der Waals surface area contributed by atoms with Gasteiger partial charge in [-0.15, -0.1) is 0 Å². The van der Waals surface area contributed by atoms with Crippen molar-refractivity contribution in [1.82, 2.24) is 16.0 Å². The van der Waals surface area contributed by atoms with Gasteiger partial charge in [-0.25, -0.2) is 4.79 Å². The first-order chi connectivity index (χ1) is 10.0. The molecule has 7 heteroatoms. The van der Waals surface area contributed by atoms with Crippen LogP contribution in [-0.2, 0) is 4.79 Å². The third-order valence-corrected chi connectivity index (χ3v) is 3.98. The monoisotopic (exact) mass is 329 g/mol. The van der Waals surface area contributed by atoms with E-state index in [0.29, 0.717) is 24.7 Å². The normalized spacial score (nSPS) is 11.6. The van der Waals surface area contributed by atoms with Gasteiger partial charge in [0.1, 0.15) is 0 Å². The molecule has 116 valence electrons. The molecular formula is C14H20ClN3O2S. The van der Waals surface area contributed by atoms with Crippen LogP contribution in [0.15, 0.2) is 24.3 Å². The van der Waals surface area contributed by atoms with Crippen LogP contribution < -0.4 is 16.0 Å². The van der Waals surface area contributed by atoms with Gasteiger partial charge in [0.25, 0.3) is 0 Å². The Kier molecular flexibility index (Phi) is 8.00. The third-order valence-electron chi connectivity index (χ3n) is 2.74. The lowest BCUT2D eigenvalue weighted by atomic mass is 10.1. The van der Waals surface area contributed by atoms with E-state index in [1.807, 2.05) is 30.5 Å². The number of halogens is 1. The van der Waals surface area contributed by atoms with E-state index in [1.165, 1.54) is 6.92 Å².